The number of methoxy groups -OCH3 is 1. The van der Waals surface area contributed by atoms with Gasteiger partial charge in [0.25, 0.3) is 5.91 Å². The van der Waals surface area contributed by atoms with Gasteiger partial charge in [0.2, 0.25) is 0 Å². The number of carbonyl (C=O) groups is 1. The highest BCUT2D eigenvalue weighted by atomic mass is 16.5. The molecule has 2 heterocycles. The van der Waals surface area contributed by atoms with Gasteiger partial charge in [-0.25, -0.2) is 0 Å². The van der Waals surface area contributed by atoms with Gasteiger partial charge in [-0.3, -0.25) is 14.7 Å². The number of fused-ring (bicyclic) bond motifs is 1. The van der Waals surface area contributed by atoms with Crippen molar-refractivity contribution < 1.29 is 14.3 Å². The van der Waals surface area contributed by atoms with Crippen molar-refractivity contribution in [3.63, 3.8) is 0 Å². The first-order chi connectivity index (χ1) is 14.1. The van der Waals surface area contributed by atoms with Gasteiger partial charge in [-0.1, -0.05) is 6.07 Å². The molecule has 0 bridgehead atoms. The zero-order valence-corrected chi connectivity index (χ0v) is 16.7. The van der Waals surface area contributed by atoms with E-state index in [2.05, 4.69) is 10.3 Å². The number of pyridine rings is 1. The maximum atomic E-state index is 13.2. The predicted molar refractivity (Wildman–Crippen MR) is 113 cm³/mol. The third-order valence-electron chi connectivity index (χ3n) is 4.88. The van der Waals surface area contributed by atoms with Crippen molar-refractivity contribution in [3.8, 4) is 11.5 Å². The minimum Gasteiger partial charge on any atom is -0.495 e. The number of hydrogen-bond donors (Lipinski definition) is 1. The number of amides is 1. The Morgan fingerprint density at radius 2 is 1.93 bits per heavy atom. The van der Waals surface area contributed by atoms with Crippen molar-refractivity contribution in [1.82, 2.24) is 4.98 Å². The number of benzene rings is 2. The largest absolute Gasteiger partial charge is 0.495 e. The van der Waals surface area contributed by atoms with Gasteiger partial charge >= 0.3 is 0 Å². The van der Waals surface area contributed by atoms with E-state index in [1.54, 1.807) is 30.3 Å². The van der Waals surface area contributed by atoms with Crippen LogP contribution in [0.5, 0.6) is 11.5 Å². The fraction of sp³-hybridized carbons (Fsp3) is 0.217. The number of nitrogens with one attached hydrogen (secondary N) is 1. The topological polar surface area (TPSA) is 63.7 Å². The van der Waals surface area contributed by atoms with Gasteiger partial charge in [0, 0.05) is 11.9 Å². The maximum Gasteiger partial charge on any atom is 0.262 e. The first kappa shape index (κ1) is 18.8. The molecule has 6 heteroatoms. The fourth-order valence-electron chi connectivity index (χ4n) is 3.54. The van der Waals surface area contributed by atoms with Crippen LogP contribution in [-0.4, -0.2) is 24.6 Å². The standard InChI is InChI=1S/C23H23N3O3/c1-4-29-17-10-8-16(9-11-17)26-22(21-18(23(26)27)6-5-13-24-21)25-19-14-15(2)7-12-20(19)28-3/h5-14,22,25H,4H2,1-3H3/t22-/m0/s1. The number of hydrogen-bond acceptors (Lipinski definition) is 5. The van der Waals surface area contributed by atoms with E-state index in [1.165, 1.54) is 0 Å². The molecule has 3 aromatic rings. The van der Waals surface area contributed by atoms with Crippen LogP contribution < -0.4 is 19.7 Å². The Labute approximate surface area is 170 Å². The van der Waals surface area contributed by atoms with Crippen LogP contribution in [0.1, 0.15) is 34.7 Å². The van der Waals surface area contributed by atoms with Crippen LogP contribution in [0.3, 0.4) is 0 Å². The quantitative estimate of drug-likeness (QED) is 0.669. The minimum absolute atomic E-state index is 0.0959. The molecule has 6 nitrogen and oxygen atoms in total. The van der Waals surface area contributed by atoms with Crippen molar-refractivity contribution in [1.29, 1.82) is 0 Å². The normalized spacial score (nSPS) is 15.2. The molecular weight excluding hydrogens is 366 g/mol. The molecule has 0 unspecified atom stereocenters. The van der Waals surface area contributed by atoms with E-state index in [1.807, 2.05) is 56.3 Å². The smallest absolute Gasteiger partial charge is 0.262 e. The van der Waals surface area contributed by atoms with Gasteiger partial charge in [-0.15, -0.1) is 0 Å². The van der Waals surface area contributed by atoms with Crippen molar-refractivity contribution in [3.05, 3.63) is 77.6 Å². The lowest BCUT2D eigenvalue weighted by Crippen LogP contribution is -2.32. The van der Waals surface area contributed by atoms with Crippen LogP contribution in [0.2, 0.25) is 0 Å². The average molecular weight is 389 g/mol. The number of carbonyl (C=O) groups excluding carboxylic acids is 1. The summed E-state index contributed by atoms with van der Waals surface area (Å²) in [4.78, 5) is 19.4. The van der Waals surface area contributed by atoms with Crippen LogP contribution in [0.25, 0.3) is 0 Å². The van der Waals surface area contributed by atoms with Crippen molar-refractivity contribution in [2.75, 3.05) is 23.9 Å². The van der Waals surface area contributed by atoms with Gasteiger partial charge in [0.1, 0.15) is 11.5 Å². The number of aromatic nitrogens is 1. The van der Waals surface area contributed by atoms with E-state index < -0.39 is 6.17 Å². The van der Waals surface area contributed by atoms with E-state index in [9.17, 15) is 4.79 Å². The summed E-state index contributed by atoms with van der Waals surface area (Å²) < 4.78 is 11.0. The van der Waals surface area contributed by atoms with E-state index in [0.29, 0.717) is 23.6 Å². The Morgan fingerprint density at radius 3 is 2.66 bits per heavy atom. The Kier molecular flexibility index (Phi) is 5.08. The lowest BCUT2D eigenvalue weighted by Gasteiger charge is -2.27. The SMILES string of the molecule is CCOc1ccc(N2C(=O)c3cccnc3[C@H]2Nc2cc(C)ccc2OC)cc1. The van der Waals surface area contributed by atoms with Gasteiger partial charge in [0.15, 0.2) is 6.17 Å². The van der Waals surface area contributed by atoms with Crippen LogP contribution in [0, 0.1) is 6.92 Å². The third-order valence-corrected chi connectivity index (χ3v) is 4.88. The fourth-order valence-corrected chi connectivity index (χ4v) is 3.54. The van der Waals surface area contributed by atoms with Crippen LogP contribution in [0.4, 0.5) is 11.4 Å². The molecule has 4 rings (SSSR count). The van der Waals surface area contributed by atoms with Crippen LogP contribution in [-0.2, 0) is 0 Å². The number of ether oxygens (including phenoxy) is 2. The summed E-state index contributed by atoms with van der Waals surface area (Å²) in [7, 11) is 1.63. The van der Waals surface area contributed by atoms with E-state index >= 15 is 0 Å². The average Bonchev–Trinajstić information content (AvgIpc) is 3.01. The second-order valence-electron chi connectivity index (χ2n) is 6.79. The highest BCUT2D eigenvalue weighted by Crippen LogP contribution is 2.39. The summed E-state index contributed by atoms with van der Waals surface area (Å²) in [5, 5.41) is 3.46. The third kappa shape index (κ3) is 3.49. The molecule has 0 radical (unpaired) electrons. The molecule has 29 heavy (non-hydrogen) atoms. The second-order valence-corrected chi connectivity index (χ2v) is 6.79. The molecule has 1 aliphatic rings. The molecule has 2 aromatic carbocycles. The molecule has 0 saturated heterocycles. The highest BCUT2D eigenvalue weighted by Gasteiger charge is 2.39. The predicted octanol–water partition coefficient (Wildman–Crippen LogP) is 4.57. The zero-order valence-electron chi connectivity index (χ0n) is 16.7. The molecule has 1 atom stereocenters. The molecule has 0 saturated carbocycles. The van der Waals surface area contributed by atoms with Gasteiger partial charge in [0.05, 0.1) is 30.7 Å². The lowest BCUT2D eigenvalue weighted by molar-refractivity contribution is 0.0993. The molecule has 1 aromatic heterocycles. The molecule has 1 N–H and O–H groups in total. The second kappa shape index (κ2) is 7.83. The summed E-state index contributed by atoms with van der Waals surface area (Å²) in [5.41, 5.74) is 3.94. The summed E-state index contributed by atoms with van der Waals surface area (Å²) in [6.45, 7) is 4.55. The molecule has 148 valence electrons. The lowest BCUT2D eigenvalue weighted by atomic mass is 10.1. The van der Waals surface area contributed by atoms with Crippen molar-refractivity contribution >= 4 is 17.3 Å². The van der Waals surface area contributed by atoms with E-state index in [-0.39, 0.29) is 5.91 Å². The Bertz CT molecular complexity index is 1030. The van der Waals surface area contributed by atoms with Gasteiger partial charge in [-0.2, -0.15) is 0 Å². The summed E-state index contributed by atoms with van der Waals surface area (Å²) in [6.07, 6.45) is 1.25. The monoisotopic (exact) mass is 389 g/mol. The maximum absolute atomic E-state index is 13.2. The number of nitrogens with zero attached hydrogens (tertiary/aromatic N) is 2. The van der Waals surface area contributed by atoms with Crippen LogP contribution >= 0.6 is 0 Å². The zero-order chi connectivity index (χ0) is 20.4. The van der Waals surface area contributed by atoms with Crippen molar-refractivity contribution in [2.24, 2.45) is 0 Å². The summed E-state index contributed by atoms with van der Waals surface area (Å²) in [6, 6.07) is 17.0. The van der Waals surface area contributed by atoms with Crippen LogP contribution in [0.15, 0.2) is 60.8 Å². The first-order valence-corrected chi connectivity index (χ1v) is 9.55. The minimum atomic E-state index is -0.452. The van der Waals surface area contributed by atoms with E-state index in [4.69, 9.17) is 9.47 Å². The first-order valence-electron chi connectivity index (χ1n) is 9.55. The molecular formula is C23H23N3O3. The molecule has 0 fully saturated rings. The van der Waals surface area contributed by atoms with E-state index in [0.717, 1.165) is 22.7 Å². The number of rotatable bonds is 6. The number of anilines is 2. The van der Waals surface area contributed by atoms with Crippen molar-refractivity contribution in [2.45, 2.75) is 20.0 Å². The Hall–Kier alpha value is -3.54. The highest BCUT2D eigenvalue weighted by molar-refractivity contribution is 6.11. The summed E-state index contributed by atoms with van der Waals surface area (Å²) in [5.74, 6) is 1.38. The summed E-state index contributed by atoms with van der Waals surface area (Å²) >= 11 is 0. The van der Waals surface area contributed by atoms with Gasteiger partial charge < -0.3 is 14.8 Å². The Morgan fingerprint density at radius 1 is 1.14 bits per heavy atom. The van der Waals surface area contributed by atoms with Gasteiger partial charge in [-0.05, 0) is 67.9 Å². The molecule has 0 spiro atoms. The molecule has 1 amide bonds. The Balaban J connectivity index is 1.76. The molecule has 0 aliphatic carbocycles. The number of aryl methyl sites for hydroxylation is 1. The molecule has 1 aliphatic heterocycles.